The Balaban J connectivity index is 1.69. The molecule has 2 saturated heterocycles. The zero-order valence-electron chi connectivity index (χ0n) is 11.3. The molecule has 1 amide bonds. The fraction of sp³-hybridized carbons (Fsp3) is 0.375. The number of ether oxygens (including phenoxy) is 2. The zero-order valence-corrected chi connectivity index (χ0v) is 11.3. The van der Waals surface area contributed by atoms with E-state index in [1.165, 1.54) is 0 Å². The Labute approximate surface area is 122 Å². The summed E-state index contributed by atoms with van der Waals surface area (Å²) in [4.78, 5) is 26.1. The summed E-state index contributed by atoms with van der Waals surface area (Å²) < 4.78 is 10.9. The number of carbonyl (C=O) groups is 2. The van der Waals surface area contributed by atoms with Crippen molar-refractivity contribution in [3.63, 3.8) is 0 Å². The average Bonchev–Trinajstić information content (AvgIpc) is 3.06. The molecule has 2 fully saturated rings. The molecule has 5 heteroatoms. The van der Waals surface area contributed by atoms with E-state index < -0.39 is 12.1 Å². The van der Waals surface area contributed by atoms with Crippen LogP contribution in [-0.4, -0.2) is 41.6 Å². The number of fused-ring (bicyclic) bond motifs is 2. The van der Waals surface area contributed by atoms with Crippen molar-refractivity contribution in [2.75, 3.05) is 6.61 Å². The van der Waals surface area contributed by atoms with E-state index in [4.69, 9.17) is 9.47 Å². The molecule has 0 aromatic heterocycles. The highest BCUT2D eigenvalue weighted by Gasteiger charge is 2.49. The summed E-state index contributed by atoms with van der Waals surface area (Å²) in [5.41, 5.74) is 0.972. The summed E-state index contributed by atoms with van der Waals surface area (Å²) in [6.45, 7) is 0.270. The van der Waals surface area contributed by atoms with Gasteiger partial charge in [0.1, 0.15) is 18.8 Å². The predicted octanol–water partition coefficient (Wildman–Crippen LogP) is 1.84. The van der Waals surface area contributed by atoms with Gasteiger partial charge in [0.15, 0.2) is 5.78 Å². The van der Waals surface area contributed by atoms with Crippen LogP contribution in [0.5, 0.6) is 0 Å². The van der Waals surface area contributed by atoms with Gasteiger partial charge in [0, 0.05) is 6.42 Å². The van der Waals surface area contributed by atoms with Crippen molar-refractivity contribution >= 4 is 11.9 Å². The molecule has 0 spiro atoms. The molecule has 0 N–H and O–H groups in total. The van der Waals surface area contributed by atoms with Crippen LogP contribution < -0.4 is 0 Å². The Morgan fingerprint density at radius 2 is 1.90 bits per heavy atom. The van der Waals surface area contributed by atoms with Gasteiger partial charge >= 0.3 is 6.09 Å². The van der Waals surface area contributed by atoms with Crippen molar-refractivity contribution < 1.29 is 19.1 Å². The second kappa shape index (κ2) is 4.70. The predicted molar refractivity (Wildman–Crippen MR) is 73.6 cm³/mol. The topological polar surface area (TPSA) is 55.8 Å². The first-order valence-electron chi connectivity index (χ1n) is 7.10. The molecule has 4 rings (SSSR count). The van der Waals surface area contributed by atoms with Gasteiger partial charge in [-0.15, -0.1) is 0 Å². The lowest BCUT2D eigenvalue weighted by Gasteiger charge is -2.36. The monoisotopic (exact) mass is 285 g/mol. The van der Waals surface area contributed by atoms with E-state index in [0.717, 1.165) is 5.56 Å². The van der Waals surface area contributed by atoms with Gasteiger partial charge in [-0.05, 0) is 5.56 Å². The van der Waals surface area contributed by atoms with Gasteiger partial charge in [-0.1, -0.05) is 42.5 Å². The number of rotatable bonds is 2. The molecule has 108 valence electrons. The van der Waals surface area contributed by atoms with Crippen LogP contribution in [0.4, 0.5) is 4.79 Å². The number of nitrogens with zero attached hydrogens (tertiary/aromatic N) is 1. The van der Waals surface area contributed by atoms with Crippen LogP contribution in [0.25, 0.3) is 0 Å². The molecule has 3 aliphatic rings. The number of benzene rings is 1. The second-order valence-corrected chi connectivity index (χ2v) is 5.55. The van der Waals surface area contributed by atoms with Crippen LogP contribution in [0.3, 0.4) is 0 Å². The maximum atomic E-state index is 12.4. The summed E-state index contributed by atoms with van der Waals surface area (Å²) >= 11 is 0. The fourth-order valence-corrected chi connectivity index (χ4v) is 3.31. The minimum absolute atomic E-state index is 0.0426. The molecule has 0 aliphatic carbocycles. The quantitative estimate of drug-likeness (QED) is 0.778. The van der Waals surface area contributed by atoms with Crippen LogP contribution in [0, 0.1) is 0 Å². The van der Waals surface area contributed by atoms with E-state index >= 15 is 0 Å². The highest BCUT2D eigenvalue weighted by molar-refractivity contribution is 5.90. The third-order valence-corrected chi connectivity index (χ3v) is 4.29. The summed E-state index contributed by atoms with van der Waals surface area (Å²) in [5, 5.41) is 0. The van der Waals surface area contributed by atoms with Gasteiger partial charge in [-0.25, -0.2) is 4.79 Å². The zero-order chi connectivity index (χ0) is 14.4. The van der Waals surface area contributed by atoms with E-state index in [1.54, 1.807) is 4.90 Å². The normalized spacial score (nSPS) is 34.4. The molecular formula is C16H15NO4. The molecule has 1 aromatic rings. The number of cyclic esters (lactones) is 1. The van der Waals surface area contributed by atoms with Crippen LogP contribution in [0.1, 0.15) is 18.0 Å². The molecule has 2 bridgehead atoms. The molecule has 21 heavy (non-hydrogen) atoms. The van der Waals surface area contributed by atoms with Crippen LogP contribution in [0.2, 0.25) is 0 Å². The third-order valence-electron chi connectivity index (χ3n) is 4.29. The molecule has 4 atom stereocenters. The average molecular weight is 285 g/mol. The van der Waals surface area contributed by atoms with Crippen LogP contribution in [-0.2, 0) is 14.3 Å². The smallest absolute Gasteiger partial charge is 0.411 e. The second-order valence-electron chi connectivity index (χ2n) is 5.55. The van der Waals surface area contributed by atoms with E-state index in [9.17, 15) is 9.59 Å². The van der Waals surface area contributed by atoms with Crippen molar-refractivity contribution in [2.24, 2.45) is 0 Å². The van der Waals surface area contributed by atoms with Crippen LogP contribution >= 0.6 is 0 Å². The van der Waals surface area contributed by atoms with Gasteiger partial charge in [0.2, 0.25) is 0 Å². The Morgan fingerprint density at radius 3 is 2.71 bits per heavy atom. The van der Waals surface area contributed by atoms with E-state index in [2.05, 4.69) is 0 Å². The molecular weight excluding hydrogens is 270 g/mol. The van der Waals surface area contributed by atoms with Crippen molar-refractivity contribution in [3.05, 3.63) is 48.0 Å². The molecule has 1 aromatic carbocycles. The standard InChI is InChI=1S/C16H15NO4/c18-13-8-11-6-7-14(21-11)15(13)17-12(9-20-16(17)19)10-4-2-1-3-5-10/h1-7,11-12,14-15H,8-9H2/t11-,12-,14?,15?/m0/s1. The SMILES string of the molecule is O=C1C[C@@H]2C=CC(O2)C1N1C(=O)OC[C@H]1c1ccccc1. The third kappa shape index (κ3) is 1.96. The first-order chi connectivity index (χ1) is 10.2. The Bertz CT molecular complexity index is 612. The van der Waals surface area contributed by atoms with Crippen molar-refractivity contribution in [2.45, 2.75) is 30.7 Å². The molecule has 3 heterocycles. The fourth-order valence-electron chi connectivity index (χ4n) is 3.31. The van der Waals surface area contributed by atoms with E-state index in [-0.39, 0.29) is 30.6 Å². The minimum Gasteiger partial charge on any atom is -0.447 e. The minimum atomic E-state index is -0.583. The summed E-state index contributed by atoms with van der Waals surface area (Å²) in [7, 11) is 0. The first-order valence-corrected chi connectivity index (χ1v) is 7.10. The van der Waals surface area contributed by atoms with Gasteiger partial charge in [0.05, 0.1) is 12.1 Å². The first kappa shape index (κ1) is 12.6. The lowest BCUT2D eigenvalue weighted by atomic mass is 9.97. The number of ketones is 1. The molecule has 3 aliphatic heterocycles. The van der Waals surface area contributed by atoms with Crippen LogP contribution in [0.15, 0.2) is 42.5 Å². The van der Waals surface area contributed by atoms with Crippen molar-refractivity contribution in [1.82, 2.24) is 4.90 Å². The molecule has 0 radical (unpaired) electrons. The lowest BCUT2D eigenvalue weighted by Crippen LogP contribution is -2.53. The number of Topliss-reactive ketones (excluding diaryl/α,β-unsaturated/α-hetero) is 1. The number of amides is 1. The molecule has 2 unspecified atom stereocenters. The van der Waals surface area contributed by atoms with E-state index in [0.29, 0.717) is 6.42 Å². The Hall–Kier alpha value is -2.14. The highest BCUT2D eigenvalue weighted by Crippen LogP contribution is 2.36. The number of carbonyl (C=O) groups excluding carboxylic acids is 2. The maximum Gasteiger partial charge on any atom is 0.411 e. The lowest BCUT2D eigenvalue weighted by molar-refractivity contribution is -0.137. The van der Waals surface area contributed by atoms with Crippen molar-refractivity contribution in [1.29, 1.82) is 0 Å². The Kier molecular flexibility index (Phi) is 2.82. The van der Waals surface area contributed by atoms with E-state index in [1.807, 2.05) is 42.5 Å². The molecule has 0 saturated carbocycles. The summed E-state index contributed by atoms with van der Waals surface area (Å²) in [6, 6.07) is 8.83. The number of hydrogen-bond acceptors (Lipinski definition) is 4. The Morgan fingerprint density at radius 1 is 1.10 bits per heavy atom. The largest absolute Gasteiger partial charge is 0.447 e. The van der Waals surface area contributed by atoms with Gasteiger partial charge in [-0.2, -0.15) is 0 Å². The summed E-state index contributed by atoms with van der Waals surface area (Å²) in [5.74, 6) is 0.0426. The summed E-state index contributed by atoms with van der Waals surface area (Å²) in [6.07, 6.45) is 3.18. The maximum absolute atomic E-state index is 12.4. The van der Waals surface area contributed by atoms with Gasteiger partial charge in [0.25, 0.3) is 0 Å². The van der Waals surface area contributed by atoms with Gasteiger partial charge < -0.3 is 9.47 Å². The van der Waals surface area contributed by atoms with Gasteiger partial charge in [-0.3, -0.25) is 9.69 Å². The van der Waals surface area contributed by atoms with Crippen molar-refractivity contribution in [3.8, 4) is 0 Å². The number of hydrogen-bond donors (Lipinski definition) is 0. The highest BCUT2D eigenvalue weighted by atomic mass is 16.6. The molecule has 5 nitrogen and oxygen atoms in total.